The van der Waals surface area contributed by atoms with Gasteiger partial charge < -0.3 is 10.6 Å². The Morgan fingerprint density at radius 2 is 2.44 bits per heavy atom. The largest absolute Gasteiger partial charge is 0.354 e. The maximum atomic E-state index is 11.7. The molecule has 1 saturated heterocycles. The van der Waals surface area contributed by atoms with Crippen molar-refractivity contribution in [3.63, 3.8) is 0 Å². The van der Waals surface area contributed by atoms with Gasteiger partial charge in [0, 0.05) is 37.8 Å². The molecule has 1 aliphatic rings. The second-order valence-corrected chi connectivity index (χ2v) is 4.47. The Kier molecular flexibility index (Phi) is 4.28. The summed E-state index contributed by atoms with van der Waals surface area (Å²) in [7, 11) is 0. The van der Waals surface area contributed by atoms with Gasteiger partial charge in [-0.05, 0) is 24.5 Å². The molecule has 18 heavy (non-hydrogen) atoms. The number of nitrogens with one attached hydrogen (secondary N) is 2. The lowest BCUT2D eigenvalue weighted by Gasteiger charge is -2.23. The summed E-state index contributed by atoms with van der Waals surface area (Å²) in [6, 6.07) is 3.90. The van der Waals surface area contributed by atoms with E-state index >= 15 is 0 Å². The Hall–Kier alpha value is -1.91. The maximum absolute atomic E-state index is 11.7. The first-order valence-corrected chi connectivity index (χ1v) is 6.19. The fourth-order valence-corrected chi connectivity index (χ4v) is 1.96. The van der Waals surface area contributed by atoms with Gasteiger partial charge >= 0.3 is 0 Å². The molecular weight excluding hydrogens is 230 g/mol. The minimum absolute atomic E-state index is 0.0278. The molecule has 2 N–H and O–H groups in total. The van der Waals surface area contributed by atoms with Crippen LogP contribution in [0.2, 0.25) is 0 Å². The molecule has 2 amide bonds. The highest BCUT2D eigenvalue weighted by atomic mass is 16.2. The number of pyridine rings is 1. The number of carbonyl (C=O) groups excluding carboxylic acids is 2. The fourth-order valence-electron chi connectivity index (χ4n) is 1.96. The van der Waals surface area contributed by atoms with E-state index in [-0.39, 0.29) is 17.9 Å². The Morgan fingerprint density at radius 1 is 1.56 bits per heavy atom. The highest BCUT2D eigenvalue weighted by molar-refractivity contribution is 5.79. The number of piperidine rings is 1. The van der Waals surface area contributed by atoms with Crippen LogP contribution in [0.3, 0.4) is 0 Å². The molecule has 1 fully saturated rings. The molecule has 0 radical (unpaired) electrons. The topological polar surface area (TPSA) is 71.1 Å². The SMILES string of the molecule is O=C1CCC(NC(=O)CCc2cccnc2)CN1. The number of hydrogen-bond acceptors (Lipinski definition) is 3. The second kappa shape index (κ2) is 6.14. The molecule has 5 heteroatoms. The van der Waals surface area contributed by atoms with Gasteiger partial charge in [-0.15, -0.1) is 0 Å². The zero-order valence-corrected chi connectivity index (χ0v) is 10.2. The maximum Gasteiger partial charge on any atom is 0.220 e. The number of aryl methyl sites for hydroxylation is 1. The number of rotatable bonds is 4. The normalized spacial score (nSPS) is 19.1. The predicted molar refractivity (Wildman–Crippen MR) is 66.7 cm³/mol. The van der Waals surface area contributed by atoms with Crippen molar-refractivity contribution in [3.05, 3.63) is 30.1 Å². The third-order valence-electron chi connectivity index (χ3n) is 2.99. The number of nitrogens with zero attached hydrogens (tertiary/aromatic N) is 1. The predicted octanol–water partition coefficient (Wildman–Crippen LogP) is 0.409. The van der Waals surface area contributed by atoms with Crippen LogP contribution < -0.4 is 10.6 Å². The zero-order chi connectivity index (χ0) is 12.8. The van der Waals surface area contributed by atoms with Crippen molar-refractivity contribution in [1.82, 2.24) is 15.6 Å². The Bertz CT molecular complexity index is 410. The fraction of sp³-hybridized carbons (Fsp3) is 0.462. The summed E-state index contributed by atoms with van der Waals surface area (Å²) < 4.78 is 0. The van der Waals surface area contributed by atoms with Gasteiger partial charge in [0.1, 0.15) is 0 Å². The Labute approximate surface area is 106 Å². The van der Waals surface area contributed by atoms with Crippen molar-refractivity contribution in [1.29, 1.82) is 0 Å². The van der Waals surface area contributed by atoms with Crippen LogP contribution >= 0.6 is 0 Å². The first-order chi connectivity index (χ1) is 8.74. The summed E-state index contributed by atoms with van der Waals surface area (Å²) in [6.07, 6.45) is 5.86. The van der Waals surface area contributed by atoms with E-state index in [4.69, 9.17) is 0 Å². The highest BCUT2D eigenvalue weighted by Crippen LogP contribution is 2.04. The summed E-state index contributed by atoms with van der Waals surface area (Å²) in [5, 5.41) is 5.68. The molecule has 5 nitrogen and oxygen atoms in total. The molecule has 0 aliphatic carbocycles. The molecule has 1 aromatic rings. The van der Waals surface area contributed by atoms with Gasteiger partial charge in [-0.3, -0.25) is 14.6 Å². The average Bonchev–Trinajstić information content (AvgIpc) is 2.40. The number of carbonyl (C=O) groups is 2. The molecule has 0 spiro atoms. The average molecular weight is 247 g/mol. The van der Waals surface area contributed by atoms with Gasteiger partial charge in [0.15, 0.2) is 0 Å². The first kappa shape index (κ1) is 12.5. The van der Waals surface area contributed by atoms with Crippen molar-refractivity contribution in [3.8, 4) is 0 Å². The molecule has 2 heterocycles. The van der Waals surface area contributed by atoms with Crippen LogP contribution in [-0.4, -0.2) is 29.4 Å². The summed E-state index contributed by atoms with van der Waals surface area (Å²) in [5.74, 6) is 0.0934. The van der Waals surface area contributed by atoms with Crippen molar-refractivity contribution in [2.45, 2.75) is 31.7 Å². The van der Waals surface area contributed by atoms with Gasteiger partial charge in [-0.1, -0.05) is 6.07 Å². The van der Waals surface area contributed by atoms with E-state index in [1.807, 2.05) is 12.1 Å². The van der Waals surface area contributed by atoms with E-state index in [1.165, 1.54) is 0 Å². The molecular formula is C13H17N3O2. The summed E-state index contributed by atoms with van der Waals surface area (Å²) in [6.45, 7) is 0.539. The van der Waals surface area contributed by atoms with E-state index in [0.717, 1.165) is 12.0 Å². The molecule has 1 aromatic heterocycles. The van der Waals surface area contributed by atoms with E-state index in [1.54, 1.807) is 12.4 Å². The van der Waals surface area contributed by atoms with Crippen molar-refractivity contribution in [2.24, 2.45) is 0 Å². The van der Waals surface area contributed by atoms with Crippen LogP contribution in [0.1, 0.15) is 24.8 Å². The minimum Gasteiger partial charge on any atom is -0.354 e. The van der Waals surface area contributed by atoms with Crippen LogP contribution in [0.4, 0.5) is 0 Å². The quantitative estimate of drug-likeness (QED) is 0.809. The summed E-state index contributed by atoms with van der Waals surface area (Å²) >= 11 is 0. The van der Waals surface area contributed by atoms with Gasteiger partial charge in [0.25, 0.3) is 0 Å². The van der Waals surface area contributed by atoms with Crippen molar-refractivity contribution < 1.29 is 9.59 Å². The van der Waals surface area contributed by atoms with Gasteiger partial charge in [-0.25, -0.2) is 0 Å². The smallest absolute Gasteiger partial charge is 0.220 e. The van der Waals surface area contributed by atoms with Gasteiger partial charge in [0.2, 0.25) is 11.8 Å². The Morgan fingerprint density at radius 3 is 3.11 bits per heavy atom. The lowest BCUT2D eigenvalue weighted by atomic mass is 10.1. The van der Waals surface area contributed by atoms with E-state index in [2.05, 4.69) is 15.6 Å². The van der Waals surface area contributed by atoms with Crippen LogP contribution in [0.5, 0.6) is 0 Å². The molecule has 0 aromatic carbocycles. The Balaban J connectivity index is 1.71. The first-order valence-electron chi connectivity index (χ1n) is 6.19. The number of hydrogen-bond donors (Lipinski definition) is 2. The van der Waals surface area contributed by atoms with Crippen LogP contribution in [-0.2, 0) is 16.0 Å². The number of aromatic nitrogens is 1. The van der Waals surface area contributed by atoms with Crippen LogP contribution in [0.25, 0.3) is 0 Å². The summed E-state index contributed by atoms with van der Waals surface area (Å²) in [5.41, 5.74) is 1.06. The zero-order valence-electron chi connectivity index (χ0n) is 10.2. The lowest BCUT2D eigenvalue weighted by molar-refractivity contribution is -0.125. The molecule has 1 unspecified atom stereocenters. The lowest BCUT2D eigenvalue weighted by Crippen LogP contribution is -2.47. The molecule has 0 saturated carbocycles. The molecule has 1 atom stereocenters. The van der Waals surface area contributed by atoms with Gasteiger partial charge in [-0.2, -0.15) is 0 Å². The molecule has 2 rings (SSSR count). The highest BCUT2D eigenvalue weighted by Gasteiger charge is 2.19. The minimum atomic E-state index is 0.0278. The standard InChI is InChI=1S/C13H17N3O2/c17-12-6-4-11(9-15-12)16-13(18)5-3-10-2-1-7-14-8-10/h1-2,7-8,11H,3-6,9H2,(H,15,17)(H,16,18). The second-order valence-electron chi connectivity index (χ2n) is 4.47. The molecule has 0 bridgehead atoms. The van der Waals surface area contributed by atoms with Crippen LogP contribution in [0.15, 0.2) is 24.5 Å². The molecule has 96 valence electrons. The third kappa shape index (κ3) is 3.84. The summed E-state index contributed by atoms with van der Waals surface area (Å²) in [4.78, 5) is 26.7. The van der Waals surface area contributed by atoms with Gasteiger partial charge in [0.05, 0.1) is 0 Å². The van der Waals surface area contributed by atoms with Crippen molar-refractivity contribution >= 4 is 11.8 Å². The number of amides is 2. The van der Waals surface area contributed by atoms with E-state index in [9.17, 15) is 9.59 Å². The van der Waals surface area contributed by atoms with Crippen LogP contribution in [0, 0.1) is 0 Å². The third-order valence-corrected chi connectivity index (χ3v) is 2.99. The van der Waals surface area contributed by atoms with Crippen molar-refractivity contribution in [2.75, 3.05) is 6.54 Å². The molecule has 1 aliphatic heterocycles. The monoisotopic (exact) mass is 247 g/mol. The van der Waals surface area contributed by atoms with E-state index in [0.29, 0.717) is 25.8 Å². The van der Waals surface area contributed by atoms with E-state index < -0.39 is 0 Å².